The number of fused-ring (bicyclic) bond motifs is 1. The molecular weight excluding hydrogens is 411 g/mol. The molecule has 0 fully saturated rings. The molecule has 0 saturated carbocycles. The largest absolute Gasteiger partial charge is 0.410 e. The molecule has 2 rings (SSSR count). The van der Waals surface area contributed by atoms with E-state index < -0.39 is 8.32 Å². The van der Waals surface area contributed by atoms with Crippen LogP contribution in [0.3, 0.4) is 0 Å². The van der Waals surface area contributed by atoms with Crippen LogP contribution in [0.1, 0.15) is 26.3 Å². The summed E-state index contributed by atoms with van der Waals surface area (Å²) in [5.74, 6) is 0. The zero-order valence-corrected chi connectivity index (χ0v) is 17.9. The summed E-state index contributed by atoms with van der Waals surface area (Å²) in [6.45, 7) is 11.5. The average molecular weight is 438 g/mol. The lowest BCUT2D eigenvalue weighted by molar-refractivity contribution is 0.225. The number of halogens is 1. The molecule has 3 heteroatoms. The van der Waals surface area contributed by atoms with Crippen LogP contribution in [-0.4, -0.2) is 14.4 Å². The molecule has 0 N–H and O–H groups in total. The summed E-state index contributed by atoms with van der Waals surface area (Å²) in [5.41, 5.74) is 1.34. The second kappa shape index (κ2) is 7.49. The molecule has 0 aliphatic carbocycles. The molecule has 0 radical (unpaired) electrons. The summed E-state index contributed by atoms with van der Waals surface area (Å²) < 4.78 is 8.69. The Kier molecular flexibility index (Phi) is 6.08. The lowest BCUT2D eigenvalue weighted by Gasteiger charge is -2.38. The molecule has 23 heavy (non-hydrogen) atoms. The SMILES string of the molecule is CC(C)(C)[Si](C)(C)OC(C=CI)Cc1ccc2ccccc2c1. The quantitative estimate of drug-likeness (QED) is 0.372. The fourth-order valence-corrected chi connectivity index (χ4v) is 4.12. The molecule has 124 valence electrons. The van der Waals surface area contributed by atoms with Gasteiger partial charge in [0.15, 0.2) is 8.32 Å². The summed E-state index contributed by atoms with van der Waals surface area (Å²) in [7, 11) is -1.77. The van der Waals surface area contributed by atoms with Gasteiger partial charge in [0.05, 0.1) is 6.10 Å². The van der Waals surface area contributed by atoms with E-state index in [1.807, 2.05) is 0 Å². The molecule has 0 bridgehead atoms. The maximum absolute atomic E-state index is 6.61. The molecule has 0 aromatic heterocycles. The van der Waals surface area contributed by atoms with Gasteiger partial charge in [-0.15, -0.1) is 0 Å². The number of rotatable bonds is 5. The summed E-state index contributed by atoms with van der Waals surface area (Å²) >= 11 is 2.29. The Hall–Kier alpha value is -0.653. The van der Waals surface area contributed by atoms with Gasteiger partial charge in [-0.05, 0) is 38.6 Å². The van der Waals surface area contributed by atoms with E-state index in [0.29, 0.717) is 0 Å². The Balaban J connectivity index is 2.21. The van der Waals surface area contributed by atoms with Crippen LogP contribution >= 0.6 is 22.6 Å². The number of hydrogen-bond donors (Lipinski definition) is 0. The number of hydrogen-bond acceptors (Lipinski definition) is 1. The van der Waals surface area contributed by atoms with Gasteiger partial charge in [0.25, 0.3) is 0 Å². The van der Waals surface area contributed by atoms with Gasteiger partial charge in [0.1, 0.15) is 0 Å². The first-order chi connectivity index (χ1) is 10.7. The lowest BCUT2D eigenvalue weighted by atomic mass is 10.0. The molecule has 1 nitrogen and oxygen atoms in total. The van der Waals surface area contributed by atoms with Gasteiger partial charge in [0, 0.05) is 6.42 Å². The van der Waals surface area contributed by atoms with Crippen LogP contribution in [0.15, 0.2) is 52.6 Å². The van der Waals surface area contributed by atoms with Gasteiger partial charge < -0.3 is 4.43 Å². The number of benzene rings is 2. The predicted octanol–water partition coefficient (Wildman–Crippen LogP) is 6.72. The second-order valence-electron chi connectivity index (χ2n) is 7.62. The van der Waals surface area contributed by atoms with Crippen molar-refractivity contribution in [3.63, 3.8) is 0 Å². The van der Waals surface area contributed by atoms with Gasteiger partial charge in [-0.1, -0.05) is 91.9 Å². The molecule has 0 aliphatic heterocycles. The van der Waals surface area contributed by atoms with E-state index in [2.05, 4.69) is 109 Å². The second-order valence-corrected chi connectivity index (χ2v) is 13.1. The highest BCUT2D eigenvalue weighted by Crippen LogP contribution is 2.37. The maximum atomic E-state index is 6.61. The van der Waals surface area contributed by atoms with Crippen molar-refractivity contribution in [2.45, 2.75) is 51.4 Å². The highest BCUT2D eigenvalue weighted by molar-refractivity contribution is 14.1. The highest BCUT2D eigenvalue weighted by atomic mass is 127. The van der Waals surface area contributed by atoms with Crippen LogP contribution in [0.5, 0.6) is 0 Å². The van der Waals surface area contributed by atoms with Crippen LogP contribution in [0.25, 0.3) is 10.8 Å². The van der Waals surface area contributed by atoms with Crippen molar-refractivity contribution < 1.29 is 4.43 Å². The molecule has 2 aromatic rings. The Labute approximate surface area is 155 Å². The monoisotopic (exact) mass is 438 g/mol. The van der Waals surface area contributed by atoms with Gasteiger partial charge in [-0.3, -0.25) is 0 Å². The predicted molar refractivity (Wildman–Crippen MR) is 113 cm³/mol. The molecule has 0 heterocycles. The molecule has 1 unspecified atom stereocenters. The summed E-state index contributed by atoms with van der Waals surface area (Å²) in [5, 5.41) is 2.82. The smallest absolute Gasteiger partial charge is 0.192 e. The van der Waals surface area contributed by atoms with Crippen LogP contribution in [0.4, 0.5) is 0 Å². The lowest BCUT2D eigenvalue weighted by Crippen LogP contribution is -2.44. The molecule has 0 saturated heterocycles. The highest BCUT2D eigenvalue weighted by Gasteiger charge is 2.38. The molecule has 0 spiro atoms. The molecular formula is C20H27IOSi. The van der Waals surface area contributed by atoms with E-state index in [-0.39, 0.29) is 11.1 Å². The topological polar surface area (TPSA) is 9.23 Å². The van der Waals surface area contributed by atoms with Crippen molar-refractivity contribution in [3.05, 3.63) is 58.2 Å². The Morgan fingerprint density at radius 1 is 1.09 bits per heavy atom. The summed E-state index contributed by atoms with van der Waals surface area (Å²) in [4.78, 5) is 0. The van der Waals surface area contributed by atoms with Gasteiger partial charge in [-0.25, -0.2) is 0 Å². The van der Waals surface area contributed by atoms with E-state index >= 15 is 0 Å². The van der Waals surface area contributed by atoms with Gasteiger partial charge >= 0.3 is 0 Å². The third kappa shape index (κ3) is 4.91. The Morgan fingerprint density at radius 3 is 2.35 bits per heavy atom. The van der Waals surface area contributed by atoms with E-state index in [1.54, 1.807) is 0 Å². The average Bonchev–Trinajstić information content (AvgIpc) is 2.46. The van der Waals surface area contributed by atoms with Crippen LogP contribution in [-0.2, 0) is 10.8 Å². The third-order valence-electron chi connectivity index (χ3n) is 4.79. The van der Waals surface area contributed by atoms with Gasteiger partial charge in [0.2, 0.25) is 0 Å². The summed E-state index contributed by atoms with van der Waals surface area (Å²) in [6.07, 6.45) is 3.27. The molecule has 0 amide bonds. The first-order valence-electron chi connectivity index (χ1n) is 8.15. The first-order valence-corrected chi connectivity index (χ1v) is 12.3. The minimum atomic E-state index is -1.77. The van der Waals surface area contributed by atoms with E-state index in [4.69, 9.17) is 4.43 Å². The van der Waals surface area contributed by atoms with Crippen molar-refractivity contribution in [1.82, 2.24) is 0 Å². The maximum Gasteiger partial charge on any atom is 0.192 e. The fourth-order valence-electron chi connectivity index (χ4n) is 2.38. The first kappa shape index (κ1) is 18.7. The van der Waals surface area contributed by atoms with Crippen molar-refractivity contribution in [3.8, 4) is 0 Å². The normalized spacial score (nSPS) is 14.5. The van der Waals surface area contributed by atoms with E-state index in [9.17, 15) is 0 Å². The van der Waals surface area contributed by atoms with Crippen LogP contribution < -0.4 is 0 Å². The van der Waals surface area contributed by atoms with Crippen molar-refractivity contribution in [2.75, 3.05) is 0 Å². The minimum Gasteiger partial charge on any atom is -0.410 e. The third-order valence-corrected chi connectivity index (χ3v) is 9.71. The zero-order valence-electron chi connectivity index (χ0n) is 14.8. The molecule has 0 aliphatic rings. The van der Waals surface area contributed by atoms with Crippen molar-refractivity contribution >= 4 is 41.7 Å². The minimum absolute atomic E-state index is 0.147. The van der Waals surface area contributed by atoms with Crippen molar-refractivity contribution in [1.29, 1.82) is 0 Å². The van der Waals surface area contributed by atoms with Crippen molar-refractivity contribution in [2.24, 2.45) is 0 Å². The van der Waals surface area contributed by atoms with Gasteiger partial charge in [-0.2, -0.15) is 0 Å². The molecule has 2 aromatic carbocycles. The zero-order chi connectivity index (χ0) is 17.1. The Morgan fingerprint density at radius 2 is 1.74 bits per heavy atom. The van der Waals surface area contributed by atoms with Crippen LogP contribution in [0.2, 0.25) is 18.1 Å². The summed E-state index contributed by atoms with van der Waals surface area (Å²) in [6, 6.07) is 15.3. The fraction of sp³-hybridized carbons (Fsp3) is 0.400. The molecule has 1 atom stereocenters. The van der Waals surface area contributed by atoms with E-state index in [1.165, 1.54) is 16.3 Å². The Bertz CT molecular complexity index is 685. The van der Waals surface area contributed by atoms with E-state index in [0.717, 1.165) is 6.42 Å². The standard InChI is InChI=1S/C20H27IOSi/c1-20(2,3)23(4,5)22-19(12-13-21)15-16-10-11-17-8-6-7-9-18(17)14-16/h6-14,19H,15H2,1-5H3. The van der Waals surface area contributed by atoms with Crippen LogP contribution in [0, 0.1) is 0 Å².